The SMILES string of the molecule is COc1ccc(CC(=O)Nc2cc([C@H]3C[C@@H](c4ccccc4OCCN(C)C)C3)n[nH]2)cc1. The van der Waals surface area contributed by atoms with Crippen molar-refractivity contribution in [1.82, 2.24) is 15.1 Å². The Labute approximate surface area is 195 Å². The van der Waals surface area contributed by atoms with E-state index in [1.165, 1.54) is 5.56 Å². The first-order valence-corrected chi connectivity index (χ1v) is 11.4. The second-order valence-corrected chi connectivity index (χ2v) is 8.83. The normalized spacial score (nSPS) is 17.5. The topological polar surface area (TPSA) is 79.5 Å². The van der Waals surface area contributed by atoms with E-state index in [-0.39, 0.29) is 5.91 Å². The van der Waals surface area contributed by atoms with Crippen LogP contribution in [0.1, 0.15) is 41.5 Å². The van der Waals surface area contributed by atoms with Gasteiger partial charge in [-0.25, -0.2) is 0 Å². The van der Waals surface area contributed by atoms with Crippen molar-refractivity contribution in [3.63, 3.8) is 0 Å². The minimum atomic E-state index is -0.0781. The highest BCUT2D eigenvalue weighted by atomic mass is 16.5. The molecule has 3 aromatic rings. The molecular weight excluding hydrogens is 416 g/mol. The van der Waals surface area contributed by atoms with Gasteiger partial charge in [-0.15, -0.1) is 0 Å². The summed E-state index contributed by atoms with van der Waals surface area (Å²) in [6.45, 7) is 1.57. The van der Waals surface area contributed by atoms with E-state index in [0.29, 0.717) is 30.7 Å². The third kappa shape index (κ3) is 5.93. The summed E-state index contributed by atoms with van der Waals surface area (Å²) in [6.07, 6.45) is 2.35. The number of amides is 1. The molecule has 1 aromatic heterocycles. The van der Waals surface area contributed by atoms with Crippen molar-refractivity contribution in [2.45, 2.75) is 31.1 Å². The van der Waals surface area contributed by atoms with Crippen LogP contribution in [0.4, 0.5) is 5.82 Å². The number of para-hydroxylation sites is 1. The molecule has 7 heteroatoms. The van der Waals surface area contributed by atoms with Crippen molar-refractivity contribution in [2.75, 3.05) is 39.7 Å². The van der Waals surface area contributed by atoms with Crippen LogP contribution in [0.15, 0.2) is 54.6 Å². The molecule has 174 valence electrons. The molecule has 2 N–H and O–H groups in total. The minimum Gasteiger partial charge on any atom is -0.497 e. The van der Waals surface area contributed by atoms with Crippen molar-refractivity contribution in [3.05, 3.63) is 71.4 Å². The van der Waals surface area contributed by atoms with Gasteiger partial charge in [0.25, 0.3) is 0 Å². The predicted molar refractivity (Wildman–Crippen MR) is 129 cm³/mol. The lowest BCUT2D eigenvalue weighted by atomic mass is 9.70. The Kier molecular flexibility index (Phi) is 7.29. The number of nitrogens with one attached hydrogen (secondary N) is 2. The maximum absolute atomic E-state index is 12.4. The van der Waals surface area contributed by atoms with Gasteiger partial charge in [-0.2, -0.15) is 5.10 Å². The second-order valence-electron chi connectivity index (χ2n) is 8.83. The lowest BCUT2D eigenvalue weighted by molar-refractivity contribution is -0.115. The fraction of sp³-hybridized carbons (Fsp3) is 0.385. The lowest BCUT2D eigenvalue weighted by Gasteiger charge is -2.35. The van der Waals surface area contributed by atoms with E-state index in [2.05, 4.69) is 38.6 Å². The van der Waals surface area contributed by atoms with E-state index in [1.807, 2.05) is 50.5 Å². The number of benzene rings is 2. The standard InChI is InChI=1S/C26H32N4O3/c1-30(2)12-13-33-24-7-5-4-6-22(24)19-15-20(16-19)23-17-25(29-28-23)27-26(31)14-18-8-10-21(32-3)11-9-18/h4-11,17,19-20H,12-16H2,1-3H3,(H2,27,28,29,31)/t19-,20+. The van der Waals surface area contributed by atoms with E-state index in [4.69, 9.17) is 9.47 Å². The number of aromatic nitrogens is 2. The fourth-order valence-electron chi connectivity index (χ4n) is 4.13. The van der Waals surface area contributed by atoms with Gasteiger partial charge in [-0.1, -0.05) is 30.3 Å². The molecule has 33 heavy (non-hydrogen) atoms. The first-order valence-electron chi connectivity index (χ1n) is 11.4. The Balaban J connectivity index is 1.29. The van der Waals surface area contributed by atoms with Gasteiger partial charge in [-0.05, 0) is 62.2 Å². The molecule has 1 heterocycles. The van der Waals surface area contributed by atoms with Crippen molar-refractivity contribution < 1.29 is 14.3 Å². The number of nitrogens with zero attached hydrogens (tertiary/aromatic N) is 2. The molecule has 0 bridgehead atoms. The van der Waals surface area contributed by atoms with Gasteiger partial charge in [0.15, 0.2) is 0 Å². The molecule has 0 radical (unpaired) electrons. The molecule has 0 unspecified atom stereocenters. The average Bonchev–Trinajstić information content (AvgIpc) is 3.21. The van der Waals surface area contributed by atoms with Crippen LogP contribution in [0.25, 0.3) is 0 Å². The molecule has 4 rings (SSSR count). The molecule has 2 aromatic carbocycles. The smallest absolute Gasteiger partial charge is 0.229 e. The van der Waals surface area contributed by atoms with Gasteiger partial charge in [-0.3, -0.25) is 9.89 Å². The predicted octanol–water partition coefficient (Wildman–Crippen LogP) is 4.20. The van der Waals surface area contributed by atoms with Crippen molar-refractivity contribution in [2.24, 2.45) is 0 Å². The number of hydrogen-bond acceptors (Lipinski definition) is 5. The summed E-state index contributed by atoms with van der Waals surface area (Å²) in [4.78, 5) is 14.5. The van der Waals surface area contributed by atoms with Gasteiger partial charge in [0, 0.05) is 18.5 Å². The first-order chi connectivity index (χ1) is 16.0. The number of H-pyrrole nitrogens is 1. The largest absolute Gasteiger partial charge is 0.497 e. The van der Waals surface area contributed by atoms with Crippen molar-refractivity contribution >= 4 is 11.7 Å². The van der Waals surface area contributed by atoms with Crippen LogP contribution in [0.2, 0.25) is 0 Å². The zero-order valence-electron chi connectivity index (χ0n) is 19.5. The minimum absolute atomic E-state index is 0.0781. The number of aromatic amines is 1. The summed E-state index contributed by atoms with van der Waals surface area (Å²) in [5.41, 5.74) is 3.20. The zero-order valence-corrected chi connectivity index (χ0v) is 19.5. The maximum atomic E-state index is 12.4. The van der Waals surface area contributed by atoms with Crippen LogP contribution >= 0.6 is 0 Å². The second kappa shape index (κ2) is 10.5. The number of carbonyl (C=O) groups excluding carboxylic acids is 1. The monoisotopic (exact) mass is 448 g/mol. The highest BCUT2D eigenvalue weighted by Gasteiger charge is 2.34. The van der Waals surface area contributed by atoms with E-state index < -0.39 is 0 Å². The van der Waals surface area contributed by atoms with E-state index in [1.54, 1.807) is 7.11 Å². The summed E-state index contributed by atoms with van der Waals surface area (Å²) in [5.74, 6) is 3.17. The molecule has 1 aliphatic carbocycles. The van der Waals surface area contributed by atoms with E-state index in [0.717, 1.165) is 42.1 Å². The highest BCUT2D eigenvalue weighted by Crippen LogP contribution is 2.49. The van der Waals surface area contributed by atoms with Crippen molar-refractivity contribution in [3.8, 4) is 11.5 Å². The van der Waals surface area contributed by atoms with Crippen LogP contribution in [0, 0.1) is 0 Å². The number of rotatable bonds is 10. The summed E-state index contributed by atoms with van der Waals surface area (Å²) in [7, 11) is 5.72. The molecule has 7 nitrogen and oxygen atoms in total. The fourth-order valence-corrected chi connectivity index (χ4v) is 4.13. The van der Waals surface area contributed by atoms with Gasteiger partial charge < -0.3 is 19.7 Å². The number of methoxy groups -OCH3 is 1. The van der Waals surface area contributed by atoms with Crippen LogP contribution in [-0.2, 0) is 11.2 Å². The average molecular weight is 449 g/mol. The summed E-state index contributed by atoms with van der Waals surface area (Å²) in [6, 6.07) is 17.8. The quantitative estimate of drug-likeness (QED) is 0.486. The molecule has 1 fully saturated rings. The molecule has 0 spiro atoms. The molecule has 0 saturated heterocycles. The lowest BCUT2D eigenvalue weighted by Crippen LogP contribution is -2.22. The van der Waals surface area contributed by atoms with Gasteiger partial charge in [0.1, 0.15) is 23.9 Å². The van der Waals surface area contributed by atoms with Gasteiger partial charge in [0.05, 0.1) is 19.2 Å². The van der Waals surface area contributed by atoms with Gasteiger partial charge in [0.2, 0.25) is 5.91 Å². The number of hydrogen-bond donors (Lipinski definition) is 2. The van der Waals surface area contributed by atoms with Crippen molar-refractivity contribution in [1.29, 1.82) is 0 Å². The maximum Gasteiger partial charge on any atom is 0.229 e. The van der Waals surface area contributed by atoms with E-state index >= 15 is 0 Å². The van der Waals surface area contributed by atoms with E-state index in [9.17, 15) is 4.79 Å². The zero-order chi connectivity index (χ0) is 23.2. The van der Waals surface area contributed by atoms with Crippen LogP contribution < -0.4 is 14.8 Å². The third-order valence-electron chi connectivity index (χ3n) is 6.11. The molecular formula is C26H32N4O3. The number of ether oxygens (including phenoxy) is 2. The number of carbonyl (C=O) groups is 1. The molecule has 1 saturated carbocycles. The Hall–Kier alpha value is -3.32. The van der Waals surface area contributed by atoms with Gasteiger partial charge >= 0.3 is 0 Å². The molecule has 0 atom stereocenters. The Morgan fingerprint density at radius 3 is 2.61 bits per heavy atom. The Morgan fingerprint density at radius 2 is 1.88 bits per heavy atom. The summed E-state index contributed by atoms with van der Waals surface area (Å²) in [5, 5.41) is 10.3. The van der Waals surface area contributed by atoms with Crippen LogP contribution in [0.3, 0.4) is 0 Å². The van der Waals surface area contributed by atoms with Crippen LogP contribution in [-0.4, -0.2) is 55.4 Å². The Bertz CT molecular complexity index is 1060. The third-order valence-corrected chi connectivity index (χ3v) is 6.11. The summed E-state index contributed by atoms with van der Waals surface area (Å²) >= 11 is 0. The first kappa shape index (κ1) is 22.9. The molecule has 0 aliphatic heterocycles. The van der Waals surface area contributed by atoms with Crippen LogP contribution in [0.5, 0.6) is 11.5 Å². The summed E-state index contributed by atoms with van der Waals surface area (Å²) < 4.78 is 11.2. The molecule has 1 aliphatic rings. The molecule has 1 amide bonds. The Morgan fingerprint density at radius 1 is 1.12 bits per heavy atom. The highest BCUT2D eigenvalue weighted by molar-refractivity contribution is 5.91. The number of anilines is 1. The number of likely N-dealkylation sites (N-methyl/N-ethyl adjacent to an activating group) is 1.